The lowest BCUT2D eigenvalue weighted by atomic mass is 10.1. The first-order chi connectivity index (χ1) is 10.2. The Bertz CT molecular complexity index is 197. The summed E-state index contributed by atoms with van der Waals surface area (Å²) in [6.45, 7) is 4.00. The first kappa shape index (κ1) is 22.6. The molecule has 128 valence electrons. The highest BCUT2D eigenvalue weighted by Crippen LogP contribution is 2.09. The number of nitrogens with two attached hydrogens (primary N) is 1. The number of aliphatic hydroxyl groups excluding tert-OH is 2. The quantitative estimate of drug-likeness (QED) is 0.399. The van der Waals surface area contributed by atoms with Crippen LogP contribution >= 0.6 is 0 Å². The first-order valence-corrected chi connectivity index (χ1v) is 8.42. The molecule has 0 aliphatic carbocycles. The van der Waals surface area contributed by atoms with Crippen molar-refractivity contribution in [1.29, 1.82) is 0 Å². The molecular formula is C16H35NO4. The summed E-state index contributed by atoms with van der Waals surface area (Å²) >= 11 is 0. The molecule has 5 heteroatoms. The van der Waals surface area contributed by atoms with E-state index in [0.717, 1.165) is 12.8 Å². The third-order valence-electron chi connectivity index (χ3n) is 3.15. The van der Waals surface area contributed by atoms with Gasteiger partial charge >= 0.3 is 0 Å². The van der Waals surface area contributed by atoms with Crippen molar-refractivity contribution in [3.05, 3.63) is 0 Å². The number of carbonyl (C=O) groups is 1. The summed E-state index contributed by atoms with van der Waals surface area (Å²) in [5.74, 6) is -0.909. The molecule has 0 aromatic carbocycles. The summed E-state index contributed by atoms with van der Waals surface area (Å²) in [5, 5.41) is 28.3. The van der Waals surface area contributed by atoms with Crippen LogP contribution in [0.5, 0.6) is 0 Å². The molecule has 0 heterocycles. The minimum atomic E-state index is -0.909. The van der Waals surface area contributed by atoms with Crippen molar-refractivity contribution in [2.45, 2.75) is 71.1 Å². The van der Waals surface area contributed by atoms with Gasteiger partial charge in [0.05, 0.1) is 26.3 Å². The lowest BCUT2D eigenvalue weighted by molar-refractivity contribution is -0.657. The van der Waals surface area contributed by atoms with Crippen LogP contribution in [-0.4, -0.2) is 42.5 Å². The second-order valence-electron chi connectivity index (χ2n) is 5.26. The van der Waals surface area contributed by atoms with Crippen LogP contribution in [0.2, 0.25) is 0 Å². The topological polar surface area (TPSA) is 97.2 Å². The molecular weight excluding hydrogens is 270 g/mol. The van der Waals surface area contributed by atoms with E-state index in [1.807, 2.05) is 5.32 Å². The van der Waals surface area contributed by atoms with Gasteiger partial charge in [0.15, 0.2) is 0 Å². The maximum Gasteiger partial charge on any atom is 0.0991 e. The minimum absolute atomic E-state index is 0.194. The molecule has 0 amide bonds. The largest absolute Gasteiger partial charge is 0.550 e. The third-order valence-corrected chi connectivity index (χ3v) is 3.15. The van der Waals surface area contributed by atoms with Crippen LogP contribution in [0.15, 0.2) is 0 Å². The maximum absolute atomic E-state index is 10.1. The first-order valence-electron chi connectivity index (χ1n) is 8.42. The number of hydrogen-bond acceptors (Lipinski definition) is 4. The monoisotopic (exact) mass is 305 g/mol. The van der Waals surface area contributed by atoms with E-state index in [0.29, 0.717) is 13.1 Å². The van der Waals surface area contributed by atoms with Crippen LogP contribution in [0.1, 0.15) is 71.1 Å². The molecule has 0 aliphatic rings. The number of carboxylic acids is 1. The number of aliphatic carboxylic acids is 1. The fourth-order valence-electron chi connectivity index (χ4n) is 1.91. The highest BCUT2D eigenvalue weighted by molar-refractivity contribution is 5.63. The van der Waals surface area contributed by atoms with E-state index < -0.39 is 5.97 Å². The van der Waals surface area contributed by atoms with Gasteiger partial charge in [-0.25, -0.2) is 0 Å². The van der Waals surface area contributed by atoms with Crippen LogP contribution in [0.25, 0.3) is 0 Å². The molecule has 5 nitrogen and oxygen atoms in total. The van der Waals surface area contributed by atoms with E-state index in [4.69, 9.17) is 10.2 Å². The SMILES string of the molecule is CCCCCCCCCCCC(=O)[O-].OCC[NH2+]CCO. The molecule has 0 fully saturated rings. The molecule has 4 N–H and O–H groups in total. The minimum Gasteiger partial charge on any atom is -0.550 e. The number of carbonyl (C=O) groups excluding carboxylic acids is 1. The predicted octanol–water partition coefficient (Wildman–Crippen LogP) is 0.192. The molecule has 0 bridgehead atoms. The Labute approximate surface area is 129 Å². The Morgan fingerprint density at radius 1 is 0.857 bits per heavy atom. The number of quaternary nitrogens is 1. The number of unbranched alkanes of at least 4 members (excludes halogenated alkanes) is 8. The highest BCUT2D eigenvalue weighted by Gasteiger charge is 1.92. The molecule has 0 aromatic heterocycles. The maximum atomic E-state index is 10.1. The van der Waals surface area contributed by atoms with Gasteiger partial charge in [-0.2, -0.15) is 0 Å². The van der Waals surface area contributed by atoms with Gasteiger partial charge in [0.1, 0.15) is 0 Å². The van der Waals surface area contributed by atoms with Crippen LogP contribution < -0.4 is 10.4 Å². The van der Waals surface area contributed by atoms with Gasteiger partial charge in [-0.1, -0.05) is 58.3 Å². The summed E-state index contributed by atoms with van der Waals surface area (Å²) in [7, 11) is 0. The highest BCUT2D eigenvalue weighted by atomic mass is 16.4. The van der Waals surface area contributed by atoms with Crippen LogP contribution in [0.4, 0.5) is 0 Å². The third kappa shape index (κ3) is 28.3. The second-order valence-corrected chi connectivity index (χ2v) is 5.26. The summed E-state index contributed by atoms with van der Waals surface area (Å²) in [6.07, 6.45) is 11.2. The number of hydrogen-bond donors (Lipinski definition) is 3. The van der Waals surface area contributed by atoms with Gasteiger partial charge in [-0.15, -0.1) is 0 Å². The Morgan fingerprint density at radius 3 is 1.67 bits per heavy atom. The van der Waals surface area contributed by atoms with E-state index in [-0.39, 0.29) is 19.6 Å². The molecule has 0 atom stereocenters. The van der Waals surface area contributed by atoms with Gasteiger partial charge in [-0.05, 0) is 12.8 Å². The van der Waals surface area contributed by atoms with Crippen LogP contribution in [0.3, 0.4) is 0 Å². The average molecular weight is 305 g/mol. The molecule has 0 aromatic rings. The van der Waals surface area contributed by atoms with E-state index in [1.54, 1.807) is 0 Å². The Kier molecular flexibility index (Phi) is 23.3. The van der Waals surface area contributed by atoms with E-state index in [2.05, 4.69) is 6.92 Å². The van der Waals surface area contributed by atoms with Crippen molar-refractivity contribution in [2.75, 3.05) is 26.3 Å². The summed E-state index contributed by atoms with van der Waals surface area (Å²) in [6, 6.07) is 0. The summed E-state index contributed by atoms with van der Waals surface area (Å²) in [5.41, 5.74) is 0. The second kappa shape index (κ2) is 21.6. The fraction of sp³-hybridized carbons (Fsp3) is 0.938. The fourth-order valence-corrected chi connectivity index (χ4v) is 1.91. The summed E-state index contributed by atoms with van der Waals surface area (Å²) in [4.78, 5) is 10.1. The Balaban J connectivity index is 0. The molecule has 0 saturated carbocycles. The standard InChI is InChI=1S/C12H24O2.C4H11NO2/c1-2-3-4-5-6-7-8-9-10-11-12(13)14;6-3-1-5-2-4-7/h2-11H2,1H3,(H,13,14);5-7H,1-4H2. The molecule has 0 saturated heterocycles. The Hall–Kier alpha value is -0.650. The molecule has 0 aliphatic heterocycles. The van der Waals surface area contributed by atoms with Crippen LogP contribution in [-0.2, 0) is 4.79 Å². The van der Waals surface area contributed by atoms with Crippen molar-refractivity contribution in [2.24, 2.45) is 0 Å². The van der Waals surface area contributed by atoms with Crippen molar-refractivity contribution in [3.63, 3.8) is 0 Å². The number of carboxylic acid groups (broad SMARTS) is 1. The van der Waals surface area contributed by atoms with E-state index in [1.165, 1.54) is 44.9 Å². The van der Waals surface area contributed by atoms with Crippen molar-refractivity contribution >= 4 is 5.97 Å². The van der Waals surface area contributed by atoms with E-state index in [9.17, 15) is 9.90 Å². The molecule has 0 radical (unpaired) electrons. The zero-order chi connectivity index (χ0) is 16.2. The summed E-state index contributed by atoms with van der Waals surface area (Å²) < 4.78 is 0. The number of aliphatic hydroxyl groups is 2. The van der Waals surface area contributed by atoms with Gasteiger partial charge in [-0.3, -0.25) is 0 Å². The van der Waals surface area contributed by atoms with Crippen molar-refractivity contribution in [1.82, 2.24) is 0 Å². The lowest BCUT2D eigenvalue weighted by Crippen LogP contribution is -2.85. The molecule has 0 unspecified atom stereocenters. The molecule has 0 spiro atoms. The van der Waals surface area contributed by atoms with Gasteiger partial charge in [0, 0.05) is 5.97 Å². The van der Waals surface area contributed by atoms with Gasteiger partial charge in [0.25, 0.3) is 0 Å². The number of rotatable bonds is 14. The van der Waals surface area contributed by atoms with Crippen molar-refractivity contribution < 1.29 is 25.4 Å². The smallest absolute Gasteiger partial charge is 0.0991 e. The van der Waals surface area contributed by atoms with Crippen LogP contribution in [0, 0.1) is 0 Å². The zero-order valence-corrected chi connectivity index (χ0v) is 13.7. The lowest BCUT2D eigenvalue weighted by Gasteiger charge is -2.02. The predicted molar refractivity (Wildman–Crippen MR) is 82.7 cm³/mol. The van der Waals surface area contributed by atoms with Gasteiger partial charge < -0.3 is 25.4 Å². The van der Waals surface area contributed by atoms with E-state index >= 15 is 0 Å². The van der Waals surface area contributed by atoms with Gasteiger partial charge in [0.2, 0.25) is 0 Å². The zero-order valence-electron chi connectivity index (χ0n) is 13.7. The average Bonchev–Trinajstić information content (AvgIpc) is 2.46. The molecule has 0 rings (SSSR count). The van der Waals surface area contributed by atoms with Crippen molar-refractivity contribution in [3.8, 4) is 0 Å². The molecule has 21 heavy (non-hydrogen) atoms. The Morgan fingerprint density at radius 2 is 1.29 bits per heavy atom. The normalized spacial score (nSPS) is 10.0.